The van der Waals surface area contributed by atoms with Gasteiger partial charge in [0.25, 0.3) is 5.89 Å². The Hall–Kier alpha value is -2.67. The molecule has 2 aromatic heterocycles. The summed E-state index contributed by atoms with van der Waals surface area (Å²) in [6, 6.07) is 10.0. The van der Waals surface area contributed by atoms with E-state index < -0.39 is 5.97 Å². The monoisotopic (exact) mass is 302 g/mol. The van der Waals surface area contributed by atoms with Crippen LogP contribution in [0.1, 0.15) is 16.2 Å². The van der Waals surface area contributed by atoms with Crippen molar-refractivity contribution in [2.75, 3.05) is 0 Å². The van der Waals surface area contributed by atoms with E-state index in [1.807, 2.05) is 17.5 Å². The molecular formula is C14H10N2O4S. The van der Waals surface area contributed by atoms with Crippen molar-refractivity contribution in [2.45, 2.75) is 6.61 Å². The minimum atomic E-state index is -1.00. The molecule has 3 rings (SSSR count). The highest BCUT2D eigenvalue weighted by molar-refractivity contribution is 7.13. The number of aromatic nitrogens is 2. The number of rotatable bonds is 5. The van der Waals surface area contributed by atoms with E-state index in [1.54, 1.807) is 12.1 Å². The molecule has 1 N–H and O–H groups in total. The summed E-state index contributed by atoms with van der Waals surface area (Å²) < 4.78 is 10.5. The van der Waals surface area contributed by atoms with Crippen LogP contribution in [0.5, 0.6) is 5.75 Å². The van der Waals surface area contributed by atoms with Gasteiger partial charge in [-0.25, -0.2) is 4.79 Å². The zero-order valence-corrected chi connectivity index (χ0v) is 11.5. The molecule has 3 aromatic rings. The molecule has 0 radical (unpaired) electrons. The first-order valence-corrected chi connectivity index (χ1v) is 6.93. The van der Waals surface area contributed by atoms with E-state index in [1.165, 1.54) is 23.5 Å². The Morgan fingerprint density at radius 3 is 3.00 bits per heavy atom. The van der Waals surface area contributed by atoms with Gasteiger partial charge in [-0.15, -0.1) is 11.3 Å². The van der Waals surface area contributed by atoms with Crippen LogP contribution < -0.4 is 4.74 Å². The van der Waals surface area contributed by atoms with Gasteiger partial charge in [0.2, 0.25) is 5.82 Å². The molecule has 0 unspecified atom stereocenters. The average Bonchev–Trinajstić information content (AvgIpc) is 3.16. The first-order valence-electron chi connectivity index (χ1n) is 6.05. The molecule has 0 saturated heterocycles. The van der Waals surface area contributed by atoms with Gasteiger partial charge in [0.05, 0.1) is 10.4 Å². The van der Waals surface area contributed by atoms with E-state index in [2.05, 4.69) is 10.1 Å². The van der Waals surface area contributed by atoms with Gasteiger partial charge in [-0.1, -0.05) is 17.3 Å². The zero-order chi connectivity index (χ0) is 14.7. The summed E-state index contributed by atoms with van der Waals surface area (Å²) in [4.78, 5) is 16.0. The van der Waals surface area contributed by atoms with E-state index in [4.69, 9.17) is 14.4 Å². The van der Waals surface area contributed by atoms with Gasteiger partial charge in [0, 0.05) is 0 Å². The van der Waals surface area contributed by atoms with Crippen LogP contribution in [0.4, 0.5) is 0 Å². The lowest BCUT2D eigenvalue weighted by Crippen LogP contribution is -1.99. The molecule has 1 aromatic carbocycles. The van der Waals surface area contributed by atoms with Crippen LogP contribution in [0.15, 0.2) is 46.3 Å². The molecule has 0 fully saturated rings. The first-order chi connectivity index (χ1) is 10.2. The Morgan fingerprint density at radius 2 is 2.24 bits per heavy atom. The lowest BCUT2D eigenvalue weighted by Gasteiger charge is -2.03. The highest BCUT2D eigenvalue weighted by Gasteiger charge is 2.10. The smallest absolute Gasteiger partial charge is 0.335 e. The molecule has 0 saturated carbocycles. The Morgan fingerprint density at radius 1 is 1.33 bits per heavy atom. The highest BCUT2D eigenvalue weighted by Crippen LogP contribution is 2.22. The van der Waals surface area contributed by atoms with Gasteiger partial charge in [-0.05, 0) is 29.6 Å². The van der Waals surface area contributed by atoms with Crippen LogP contribution in [0.25, 0.3) is 10.7 Å². The Kier molecular flexibility index (Phi) is 3.65. The molecule has 106 valence electrons. The lowest BCUT2D eigenvalue weighted by molar-refractivity contribution is 0.0696. The zero-order valence-electron chi connectivity index (χ0n) is 10.7. The number of nitrogens with zero attached hydrogens (tertiary/aromatic N) is 2. The molecular weight excluding hydrogens is 292 g/mol. The number of carbonyl (C=O) groups is 1. The SMILES string of the molecule is O=C(O)c1cccc(OCc2nc(-c3cccs3)no2)c1. The van der Waals surface area contributed by atoms with Crippen LogP contribution in [0.3, 0.4) is 0 Å². The predicted molar refractivity (Wildman–Crippen MR) is 75.3 cm³/mol. The van der Waals surface area contributed by atoms with Crippen LogP contribution in [-0.2, 0) is 6.61 Å². The maximum atomic E-state index is 10.9. The topological polar surface area (TPSA) is 85.5 Å². The molecule has 0 spiro atoms. The van der Waals surface area contributed by atoms with Crippen molar-refractivity contribution in [3.8, 4) is 16.5 Å². The Labute approximate surface area is 123 Å². The number of hydrogen-bond acceptors (Lipinski definition) is 6. The normalized spacial score (nSPS) is 10.5. The first kappa shape index (κ1) is 13.3. The van der Waals surface area contributed by atoms with Gasteiger partial charge in [-0.2, -0.15) is 4.98 Å². The number of carboxylic acids is 1. The minimum Gasteiger partial charge on any atom is -0.484 e. The second-order valence-electron chi connectivity index (χ2n) is 4.11. The molecule has 0 amide bonds. The van der Waals surface area contributed by atoms with E-state index in [0.717, 1.165) is 4.88 Å². The number of benzene rings is 1. The molecule has 7 heteroatoms. The van der Waals surface area contributed by atoms with Crippen molar-refractivity contribution >= 4 is 17.3 Å². The molecule has 21 heavy (non-hydrogen) atoms. The van der Waals surface area contributed by atoms with Crippen LogP contribution in [0, 0.1) is 0 Å². The van der Waals surface area contributed by atoms with Crippen molar-refractivity contribution in [3.05, 3.63) is 53.2 Å². The number of hydrogen-bond donors (Lipinski definition) is 1. The minimum absolute atomic E-state index is 0.0848. The van der Waals surface area contributed by atoms with E-state index in [0.29, 0.717) is 17.5 Å². The summed E-state index contributed by atoms with van der Waals surface area (Å²) in [6.07, 6.45) is 0. The maximum Gasteiger partial charge on any atom is 0.335 e. The Balaban J connectivity index is 1.68. The second-order valence-corrected chi connectivity index (χ2v) is 5.06. The largest absolute Gasteiger partial charge is 0.484 e. The summed E-state index contributed by atoms with van der Waals surface area (Å²) in [5, 5.41) is 14.7. The summed E-state index contributed by atoms with van der Waals surface area (Å²) in [7, 11) is 0. The van der Waals surface area contributed by atoms with Crippen LogP contribution in [0.2, 0.25) is 0 Å². The molecule has 2 heterocycles. The summed E-state index contributed by atoms with van der Waals surface area (Å²) in [6.45, 7) is 0.0848. The fraction of sp³-hybridized carbons (Fsp3) is 0.0714. The average molecular weight is 302 g/mol. The molecule has 6 nitrogen and oxygen atoms in total. The van der Waals surface area contributed by atoms with E-state index in [-0.39, 0.29) is 12.2 Å². The fourth-order valence-corrected chi connectivity index (χ4v) is 2.33. The standard InChI is InChI=1S/C14H10N2O4S/c17-14(18)9-3-1-4-10(7-9)19-8-12-15-13(16-20-12)11-5-2-6-21-11/h1-7H,8H2,(H,17,18). The summed E-state index contributed by atoms with van der Waals surface area (Å²) in [5.74, 6) is 0.283. The Bertz CT molecular complexity index is 752. The number of ether oxygens (including phenoxy) is 1. The van der Waals surface area contributed by atoms with Gasteiger partial charge < -0.3 is 14.4 Å². The van der Waals surface area contributed by atoms with Gasteiger partial charge >= 0.3 is 5.97 Å². The third-order valence-corrected chi connectivity index (χ3v) is 3.52. The van der Waals surface area contributed by atoms with Crippen molar-refractivity contribution in [2.24, 2.45) is 0 Å². The van der Waals surface area contributed by atoms with Gasteiger partial charge in [-0.3, -0.25) is 0 Å². The fourth-order valence-electron chi connectivity index (χ4n) is 1.68. The number of aromatic carboxylic acids is 1. The van der Waals surface area contributed by atoms with Crippen molar-refractivity contribution in [1.82, 2.24) is 10.1 Å². The third kappa shape index (κ3) is 3.09. The molecule has 0 aliphatic carbocycles. The van der Waals surface area contributed by atoms with E-state index >= 15 is 0 Å². The number of carboxylic acid groups (broad SMARTS) is 1. The van der Waals surface area contributed by atoms with Crippen molar-refractivity contribution in [1.29, 1.82) is 0 Å². The van der Waals surface area contributed by atoms with Crippen molar-refractivity contribution in [3.63, 3.8) is 0 Å². The third-order valence-electron chi connectivity index (χ3n) is 2.65. The molecule has 0 aliphatic heterocycles. The van der Waals surface area contributed by atoms with Crippen LogP contribution >= 0.6 is 11.3 Å². The van der Waals surface area contributed by atoms with Gasteiger partial charge in [0.15, 0.2) is 6.61 Å². The predicted octanol–water partition coefficient (Wildman–Crippen LogP) is 3.08. The van der Waals surface area contributed by atoms with Gasteiger partial charge in [0.1, 0.15) is 5.75 Å². The lowest BCUT2D eigenvalue weighted by atomic mass is 10.2. The highest BCUT2D eigenvalue weighted by atomic mass is 32.1. The maximum absolute atomic E-state index is 10.9. The quantitative estimate of drug-likeness (QED) is 0.779. The summed E-state index contributed by atoms with van der Waals surface area (Å²) in [5.41, 5.74) is 0.164. The van der Waals surface area contributed by atoms with Crippen molar-refractivity contribution < 1.29 is 19.2 Å². The summed E-state index contributed by atoms with van der Waals surface area (Å²) >= 11 is 1.52. The van der Waals surface area contributed by atoms with Crippen LogP contribution in [-0.4, -0.2) is 21.2 Å². The second kappa shape index (κ2) is 5.76. The molecule has 0 bridgehead atoms. The number of thiophene rings is 1. The van der Waals surface area contributed by atoms with E-state index in [9.17, 15) is 4.79 Å². The molecule has 0 atom stereocenters. The molecule has 0 aliphatic rings.